The first-order chi connectivity index (χ1) is 7.15. The van der Waals surface area contributed by atoms with Crippen LogP contribution in [0.4, 0.5) is 5.69 Å². The monoisotopic (exact) mass is 211 g/mol. The summed E-state index contributed by atoms with van der Waals surface area (Å²) in [5, 5.41) is 25.4. The first-order valence-electron chi connectivity index (χ1n) is 4.24. The first-order valence-corrected chi connectivity index (χ1v) is 4.24. The van der Waals surface area contributed by atoms with Crippen molar-refractivity contribution in [2.24, 2.45) is 0 Å². The van der Waals surface area contributed by atoms with Crippen molar-refractivity contribution in [2.45, 2.75) is 0 Å². The second-order valence-corrected chi connectivity index (χ2v) is 2.50. The Morgan fingerprint density at radius 2 is 1.73 bits per heavy atom. The van der Waals surface area contributed by atoms with Gasteiger partial charge in [0.05, 0.1) is 18.1 Å². The molecule has 5 heteroatoms. The lowest BCUT2D eigenvalue weighted by Gasteiger charge is -1.91. The van der Waals surface area contributed by atoms with E-state index >= 15 is 0 Å². The number of non-ortho nitro benzene ring substituents is 1. The smallest absolute Gasteiger partial charge is 0.269 e. The maximum Gasteiger partial charge on any atom is 0.269 e. The fraction of sp³-hybridized carbons (Fsp3) is 0.200. The van der Waals surface area contributed by atoms with E-state index in [1.165, 1.54) is 12.1 Å². The van der Waals surface area contributed by atoms with Crippen LogP contribution in [0.2, 0.25) is 0 Å². The third-order valence-corrected chi connectivity index (χ3v) is 1.44. The second-order valence-electron chi connectivity index (χ2n) is 2.50. The van der Waals surface area contributed by atoms with Crippen molar-refractivity contribution in [1.82, 2.24) is 0 Å². The molecular weight excluding hydrogens is 198 g/mol. The molecule has 0 saturated heterocycles. The van der Waals surface area contributed by atoms with Crippen LogP contribution < -0.4 is 0 Å². The Morgan fingerprint density at radius 3 is 2.00 bits per heavy atom. The van der Waals surface area contributed by atoms with Crippen molar-refractivity contribution < 1.29 is 15.1 Å². The molecule has 5 nitrogen and oxygen atoms in total. The summed E-state index contributed by atoms with van der Waals surface area (Å²) in [6, 6.07) is 6.23. The van der Waals surface area contributed by atoms with E-state index in [1.807, 2.05) is 0 Å². The highest BCUT2D eigenvalue weighted by molar-refractivity contribution is 5.49. The maximum absolute atomic E-state index is 10.2. The van der Waals surface area contributed by atoms with Crippen LogP contribution in [-0.2, 0) is 0 Å². The van der Waals surface area contributed by atoms with Gasteiger partial charge in [-0.3, -0.25) is 10.1 Å². The van der Waals surface area contributed by atoms with Gasteiger partial charge in [-0.2, -0.15) is 0 Å². The molecule has 0 fully saturated rings. The average molecular weight is 211 g/mol. The number of aliphatic hydroxyl groups is 2. The molecule has 0 unspecified atom stereocenters. The minimum atomic E-state index is -0.424. The summed E-state index contributed by atoms with van der Waals surface area (Å²) in [4.78, 5) is 9.76. The normalized spacial score (nSPS) is 8.67. The number of hydrogen-bond acceptors (Lipinski definition) is 4. The highest BCUT2D eigenvalue weighted by Gasteiger charge is 2.01. The summed E-state index contributed by atoms with van der Waals surface area (Å²) in [5.41, 5.74) is 0.992. The number of nitro benzene ring substituents is 1. The Balaban J connectivity index is 0.000000423. The molecule has 0 amide bonds. The van der Waals surface area contributed by atoms with Gasteiger partial charge in [0.15, 0.2) is 0 Å². The van der Waals surface area contributed by atoms with E-state index in [0.29, 0.717) is 0 Å². The Labute approximate surface area is 87.4 Å². The molecule has 0 bridgehead atoms. The second kappa shape index (κ2) is 7.66. The first kappa shape index (κ1) is 13.3. The Kier molecular flexibility index (Phi) is 6.78. The Hall–Kier alpha value is -1.72. The summed E-state index contributed by atoms with van der Waals surface area (Å²) in [7, 11) is 0. The molecule has 2 N–H and O–H groups in total. The minimum absolute atomic E-state index is 0.107. The van der Waals surface area contributed by atoms with Crippen LogP contribution in [-0.4, -0.2) is 28.4 Å². The van der Waals surface area contributed by atoms with Crippen LogP contribution in [0.15, 0.2) is 30.8 Å². The van der Waals surface area contributed by atoms with Crippen LogP contribution in [0.3, 0.4) is 0 Å². The van der Waals surface area contributed by atoms with Gasteiger partial charge in [-0.15, -0.1) is 0 Å². The van der Waals surface area contributed by atoms with Gasteiger partial charge in [-0.1, -0.05) is 12.7 Å². The van der Waals surface area contributed by atoms with Crippen molar-refractivity contribution in [3.8, 4) is 0 Å². The number of hydrogen-bond donors (Lipinski definition) is 2. The molecule has 0 radical (unpaired) electrons. The summed E-state index contributed by atoms with van der Waals surface area (Å²) in [5.74, 6) is 0. The van der Waals surface area contributed by atoms with Crippen LogP contribution in [0.25, 0.3) is 6.08 Å². The fourth-order valence-corrected chi connectivity index (χ4v) is 0.732. The van der Waals surface area contributed by atoms with E-state index in [0.717, 1.165) is 5.56 Å². The molecule has 1 aromatic carbocycles. The van der Waals surface area contributed by atoms with Gasteiger partial charge in [0, 0.05) is 12.1 Å². The van der Waals surface area contributed by atoms with Gasteiger partial charge in [0.1, 0.15) is 0 Å². The van der Waals surface area contributed by atoms with Crippen molar-refractivity contribution in [3.05, 3.63) is 46.5 Å². The summed E-state index contributed by atoms with van der Waals surface area (Å²) < 4.78 is 0. The summed E-state index contributed by atoms with van der Waals surface area (Å²) in [6.45, 7) is 3.29. The molecule has 15 heavy (non-hydrogen) atoms. The molecule has 0 aliphatic heterocycles. The topological polar surface area (TPSA) is 83.6 Å². The standard InChI is InChI=1S/C8H7NO2.C2H6O2/c1-2-7-3-5-8(6-4-7)9(10)11;3-1-2-4/h2-6H,1H2;3-4H,1-2H2. The molecule has 82 valence electrons. The van der Waals surface area contributed by atoms with Gasteiger partial charge < -0.3 is 10.2 Å². The maximum atomic E-state index is 10.2. The van der Waals surface area contributed by atoms with Crippen molar-refractivity contribution in [3.63, 3.8) is 0 Å². The lowest BCUT2D eigenvalue weighted by atomic mass is 10.2. The average Bonchev–Trinajstić information content (AvgIpc) is 2.29. The Morgan fingerprint density at radius 1 is 1.27 bits per heavy atom. The van der Waals surface area contributed by atoms with E-state index in [9.17, 15) is 10.1 Å². The van der Waals surface area contributed by atoms with Crippen LogP contribution in [0.5, 0.6) is 0 Å². The van der Waals surface area contributed by atoms with Gasteiger partial charge in [0.25, 0.3) is 5.69 Å². The molecule has 1 aromatic rings. The van der Waals surface area contributed by atoms with Gasteiger partial charge in [0.2, 0.25) is 0 Å². The molecule has 0 heterocycles. The SMILES string of the molecule is C=Cc1ccc([N+](=O)[O-])cc1.OCCO. The van der Waals surface area contributed by atoms with Crippen molar-refractivity contribution in [1.29, 1.82) is 0 Å². The van der Waals surface area contributed by atoms with E-state index in [1.54, 1.807) is 18.2 Å². The van der Waals surface area contributed by atoms with Gasteiger partial charge >= 0.3 is 0 Å². The predicted octanol–water partition coefficient (Wildman–Crippen LogP) is 1.21. The molecule has 0 aromatic heterocycles. The molecule has 0 spiro atoms. The third-order valence-electron chi connectivity index (χ3n) is 1.44. The molecular formula is C10H13NO4. The van der Waals surface area contributed by atoms with Crippen molar-refractivity contribution >= 4 is 11.8 Å². The number of benzene rings is 1. The number of nitrogens with zero attached hydrogens (tertiary/aromatic N) is 1. The number of nitro groups is 1. The fourth-order valence-electron chi connectivity index (χ4n) is 0.732. The van der Waals surface area contributed by atoms with Crippen molar-refractivity contribution in [2.75, 3.05) is 13.2 Å². The van der Waals surface area contributed by atoms with E-state index in [-0.39, 0.29) is 18.9 Å². The van der Waals surface area contributed by atoms with E-state index in [4.69, 9.17) is 10.2 Å². The molecule has 0 aliphatic carbocycles. The van der Waals surface area contributed by atoms with Crippen LogP contribution >= 0.6 is 0 Å². The van der Waals surface area contributed by atoms with E-state index in [2.05, 4.69) is 6.58 Å². The zero-order valence-electron chi connectivity index (χ0n) is 8.17. The van der Waals surface area contributed by atoms with E-state index < -0.39 is 4.92 Å². The van der Waals surface area contributed by atoms with Crippen LogP contribution in [0, 0.1) is 10.1 Å². The molecule has 0 aliphatic rings. The Bertz CT molecular complexity index is 306. The van der Waals surface area contributed by atoms with Gasteiger partial charge in [-0.25, -0.2) is 0 Å². The lowest BCUT2D eigenvalue weighted by molar-refractivity contribution is -0.384. The summed E-state index contributed by atoms with van der Waals surface area (Å²) >= 11 is 0. The lowest BCUT2D eigenvalue weighted by Crippen LogP contribution is -1.86. The number of rotatable bonds is 3. The highest BCUT2D eigenvalue weighted by atomic mass is 16.6. The number of aliphatic hydroxyl groups excluding tert-OH is 2. The quantitative estimate of drug-likeness (QED) is 0.581. The summed E-state index contributed by atoms with van der Waals surface area (Å²) in [6.07, 6.45) is 1.64. The predicted molar refractivity (Wildman–Crippen MR) is 57.4 cm³/mol. The van der Waals surface area contributed by atoms with Gasteiger partial charge in [-0.05, 0) is 17.7 Å². The molecule has 1 rings (SSSR count). The highest BCUT2D eigenvalue weighted by Crippen LogP contribution is 2.11. The largest absolute Gasteiger partial charge is 0.394 e. The molecule has 0 saturated carbocycles. The van der Waals surface area contributed by atoms with Crippen LogP contribution in [0.1, 0.15) is 5.56 Å². The molecule has 0 atom stereocenters. The zero-order chi connectivity index (χ0) is 11.7. The minimum Gasteiger partial charge on any atom is -0.394 e. The third kappa shape index (κ3) is 5.56. The zero-order valence-corrected chi connectivity index (χ0v) is 8.17.